The number of unbranched alkanes of at least 4 members (excludes halogenated alkanes) is 27. The molecule has 0 aliphatic carbocycles. The normalized spacial score (nSPS) is 19.6. The number of rotatable bonds is 48. The third kappa shape index (κ3) is 38.8. The quantitative estimate of drug-likeness (QED) is 0.0197. The van der Waals surface area contributed by atoms with Gasteiger partial charge in [-0.1, -0.05) is 223 Å². The van der Waals surface area contributed by atoms with Crippen molar-refractivity contribution < 1.29 is 56.2 Å². The second kappa shape index (κ2) is 46.2. The van der Waals surface area contributed by atoms with Gasteiger partial charge in [0.25, 0.3) is 0 Å². The van der Waals surface area contributed by atoms with Crippen LogP contribution in [-0.2, 0) is 38.3 Å². The Morgan fingerprint density at radius 1 is 0.574 bits per heavy atom. The maximum atomic E-state index is 12.9. The van der Waals surface area contributed by atoms with Crippen LogP contribution in [-0.4, -0.2) is 97.5 Å². The first-order valence-corrected chi connectivity index (χ1v) is 28.8. The van der Waals surface area contributed by atoms with Crippen LogP contribution >= 0.6 is 0 Å². The molecule has 6 unspecified atom stereocenters. The monoisotopic (exact) mass is 985 g/mol. The Kier molecular flexibility index (Phi) is 43.5. The van der Waals surface area contributed by atoms with E-state index in [0.717, 1.165) is 57.8 Å². The first kappa shape index (κ1) is 64.1. The van der Waals surface area contributed by atoms with E-state index >= 15 is 0 Å². The first-order valence-electron chi connectivity index (χ1n) is 27.4. The predicted octanol–water partition coefficient (Wildman–Crippen LogP) is 13.1. The molecule has 1 fully saturated rings. The minimum atomic E-state index is -5.07. The molecule has 0 spiro atoms. The molecule has 6 atom stereocenters. The molecule has 1 aliphatic heterocycles. The number of esters is 1. The average molecular weight is 985 g/mol. The Balaban J connectivity index is 2.29. The Morgan fingerprint density at radius 3 is 1.46 bits per heavy atom. The Hall–Kier alpha value is -1.94. The highest BCUT2D eigenvalue weighted by molar-refractivity contribution is 7.80. The van der Waals surface area contributed by atoms with E-state index in [0.29, 0.717) is 13.0 Å². The summed E-state index contributed by atoms with van der Waals surface area (Å²) < 4.78 is 59.2. The smallest absolute Gasteiger partial charge is 0.397 e. The number of carbonyl (C=O) groups is 1. The van der Waals surface area contributed by atoms with Crippen LogP contribution in [0.25, 0.3) is 0 Å². The third-order valence-corrected chi connectivity index (χ3v) is 12.9. The summed E-state index contributed by atoms with van der Waals surface area (Å²) in [5.74, 6) is -0.436. The van der Waals surface area contributed by atoms with Crippen molar-refractivity contribution in [3.63, 3.8) is 0 Å². The van der Waals surface area contributed by atoms with Crippen LogP contribution in [0.15, 0.2) is 48.6 Å². The van der Waals surface area contributed by atoms with Crippen LogP contribution in [0.2, 0.25) is 0 Å². The maximum absolute atomic E-state index is 12.9. The van der Waals surface area contributed by atoms with Crippen LogP contribution in [0, 0.1) is 0 Å². The number of carbonyl (C=O) groups excluding carboxylic acids is 1. The van der Waals surface area contributed by atoms with Gasteiger partial charge in [-0.15, -0.1) is 0 Å². The molecule has 1 rings (SSSR count). The molecule has 1 heterocycles. The second-order valence-corrected chi connectivity index (χ2v) is 19.8. The number of aliphatic hydroxyl groups excluding tert-OH is 3. The van der Waals surface area contributed by atoms with Gasteiger partial charge in [0.15, 0.2) is 6.29 Å². The van der Waals surface area contributed by atoms with E-state index in [1.165, 1.54) is 148 Å². The van der Waals surface area contributed by atoms with Crippen molar-refractivity contribution in [3.8, 4) is 0 Å². The molecule has 0 saturated carbocycles. The summed E-state index contributed by atoms with van der Waals surface area (Å²) in [6.45, 7) is 3.86. The zero-order valence-electron chi connectivity index (χ0n) is 42.9. The topological polar surface area (TPSA) is 178 Å². The van der Waals surface area contributed by atoms with Crippen LogP contribution in [0.4, 0.5) is 0 Å². The molecular formula is C55H100O12S. The van der Waals surface area contributed by atoms with E-state index in [9.17, 15) is 33.1 Å². The number of ether oxygens (including phenoxy) is 4. The summed E-state index contributed by atoms with van der Waals surface area (Å²) >= 11 is 0. The minimum Gasteiger partial charge on any atom is -0.457 e. The Bertz CT molecular complexity index is 1370. The summed E-state index contributed by atoms with van der Waals surface area (Å²) in [5.41, 5.74) is 0. The summed E-state index contributed by atoms with van der Waals surface area (Å²) in [6.07, 6.45) is 48.9. The molecule has 398 valence electrons. The van der Waals surface area contributed by atoms with Gasteiger partial charge in [-0.05, 0) is 51.4 Å². The van der Waals surface area contributed by atoms with Crippen LogP contribution in [0.1, 0.15) is 232 Å². The van der Waals surface area contributed by atoms with Crippen molar-refractivity contribution in [1.82, 2.24) is 0 Å². The average Bonchev–Trinajstić information content (AvgIpc) is 3.31. The predicted molar refractivity (Wildman–Crippen MR) is 276 cm³/mol. The van der Waals surface area contributed by atoms with Gasteiger partial charge in [0.2, 0.25) is 0 Å². The van der Waals surface area contributed by atoms with Gasteiger partial charge in [-0.2, -0.15) is 8.42 Å². The molecule has 0 aromatic heterocycles. The van der Waals surface area contributed by atoms with Gasteiger partial charge in [-0.25, -0.2) is 4.18 Å². The number of aliphatic hydroxyl groups is 3. The van der Waals surface area contributed by atoms with Crippen LogP contribution < -0.4 is 0 Å². The van der Waals surface area contributed by atoms with Gasteiger partial charge < -0.3 is 34.3 Å². The molecule has 1 saturated heterocycles. The summed E-state index contributed by atoms with van der Waals surface area (Å²) in [7, 11) is -5.07. The first-order chi connectivity index (χ1) is 33.1. The van der Waals surface area contributed by atoms with Crippen molar-refractivity contribution in [1.29, 1.82) is 0 Å². The van der Waals surface area contributed by atoms with Crippen LogP contribution in [0.5, 0.6) is 0 Å². The van der Waals surface area contributed by atoms with E-state index in [4.69, 9.17) is 18.9 Å². The summed E-state index contributed by atoms with van der Waals surface area (Å²) in [4.78, 5) is 12.9. The number of hydrogen-bond donors (Lipinski definition) is 4. The van der Waals surface area contributed by atoms with E-state index in [-0.39, 0.29) is 19.6 Å². The molecule has 0 radical (unpaired) electrons. The lowest BCUT2D eigenvalue weighted by Crippen LogP contribution is -2.60. The van der Waals surface area contributed by atoms with Gasteiger partial charge in [0, 0.05) is 13.0 Å². The molecule has 12 nitrogen and oxygen atoms in total. The number of hydrogen-bond acceptors (Lipinski definition) is 11. The lowest BCUT2D eigenvalue weighted by Gasteiger charge is -2.41. The lowest BCUT2D eigenvalue weighted by atomic mass is 9.99. The Labute approximate surface area is 415 Å². The number of allylic oxidation sites excluding steroid dienone is 8. The SMILES string of the molecule is CC/C=C\C/C=C\C/C=C\C/C=C\CCCCC(=O)OC(COCCCCCCCCCCCCCCCCCCCCCCCCCCCC)COC1OC(CO)C(O)C(OS(=O)(=O)O)C1O. The van der Waals surface area contributed by atoms with Crippen molar-refractivity contribution in [2.75, 3.05) is 26.4 Å². The fraction of sp³-hybridized carbons (Fsp3) is 0.836. The fourth-order valence-electron chi connectivity index (χ4n) is 8.37. The Morgan fingerprint density at radius 2 is 1.01 bits per heavy atom. The van der Waals surface area contributed by atoms with E-state index in [1.54, 1.807) is 0 Å². The molecule has 13 heteroatoms. The molecule has 68 heavy (non-hydrogen) atoms. The third-order valence-electron chi connectivity index (χ3n) is 12.5. The summed E-state index contributed by atoms with van der Waals surface area (Å²) in [5, 5.41) is 30.8. The van der Waals surface area contributed by atoms with Gasteiger partial charge in [0.1, 0.15) is 30.5 Å². The van der Waals surface area contributed by atoms with Crippen molar-refractivity contribution >= 4 is 16.4 Å². The van der Waals surface area contributed by atoms with E-state index in [2.05, 4.69) is 66.6 Å². The zero-order valence-corrected chi connectivity index (χ0v) is 43.7. The van der Waals surface area contributed by atoms with Crippen molar-refractivity contribution in [3.05, 3.63) is 48.6 Å². The van der Waals surface area contributed by atoms with E-state index in [1.807, 2.05) is 0 Å². The standard InChI is InChI=1S/C55H100O12S/c1-3-5-7-9-11-13-15-17-19-20-21-22-23-24-25-26-27-28-29-31-33-35-37-39-41-43-45-63-47-49(48-64-55-53(59)54(67-68(60,61)62)52(58)50(46-56)66-55)65-51(57)44-42-40-38-36-34-32-30-18-16-14-12-10-8-6-4-2/h6,8,12,14,18,30,34,36,49-50,52-56,58-59H,3-5,7,9-11,13,15-17,19-29,31-33,35,37-48H2,1-2H3,(H,60,61,62)/b8-6-,14-12-,30-18-,36-34-. The maximum Gasteiger partial charge on any atom is 0.397 e. The molecule has 0 aromatic carbocycles. The molecule has 0 amide bonds. The molecule has 1 aliphatic rings. The highest BCUT2D eigenvalue weighted by Crippen LogP contribution is 2.26. The lowest BCUT2D eigenvalue weighted by molar-refractivity contribution is -0.301. The zero-order chi connectivity index (χ0) is 49.6. The van der Waals surface area contributed by atoms with E-state index < -0.39 is 59.8 Å². The highest BCUT2D eigenvalue weighted by atomic mass is 32.3. The van der Waals surface area contributed by atoms with Crippen LogP contribution in [0.3, 0.4) is 0 Å². The summed E-state index contributed by atoms with van der Waals surface area (Å²) in [6, 6.07) is 0. The van der Waals surface area contributed by atoms with Gasteiger partial charge in [-0.3, -0.25) is 9.35 Å². The van der Waals surface area contributed by atoms with Crippen molar-refractivity contribution in [2.45, 2.75) is 269 Å². The second-order valence-electron chi connectivity index (χ2n) is 18.8. The van der Waals surface area contributed by atoms with Gasteiger partial charge >= 0.3 is 16.4 Å². The molecular weight excluding hydrogens is 885 g/mol. The minimum absolute atomic E-state index is 0.0208. The molecule has 0 bridgehead atoms. The van der Waals surface area contributed by atoms with Gasteiger partial charge in [0.05, 0.1) is 19.8 Å². The van der Waals surface area contributed by atoms with Crippen molar-refractivity contribution in [2.24, 2.45) is 0 Å². The largest absolute Gasteiger partial charge is 0.457 e. The fourth-order valence-corrected chi connectivity index (χ4v) is 8.88. The highest BCUT2D eigenvalue weighted by Gasteiger charge is 2.48. The molecule has 4 N–H and O–H groups in total. The molecule has 0 aromatic rings.